The van der Waals surface area contributed by atoms with Gasteiger partial charge in [-0.25, -0.2) is 13.6 Å². The van der Waals surface area contributed by atoms with Crippen molar-refractivity contribution in [1.29, 1.82) is 0 Å². The Morgan fingerprint density at radius 3 is 2.71 bits per heavy atom. The Bertz CT molecular complexity index is 889. The third kappa shape index (κ3) is 5.52. The number of nitrogens with one attached hydrogen (secondary N) is 2. The second-order valence-electron chi connectivity index (χ2n) is 9.00. The second kappa shape index (κ2) is 9.77. The number of alkyl halides is 1. The Hall–Kier alpha value is -1.80. The van der Waals surface area contributed by atoms with Gasteiger partial charge in [0, 0.05) is 30.4 Å². The van der Waals surface area contributed by atoms with E-state index in [4.69, 9.17) is 0 Å². The zero-order valence-electron chi connectivity index (χ0n) is 18.1. The summed E-state index contributed by atoms with van der Waals surface area (Å²) in [4.78, 5) is 14.0. The molecule has 0 unspecified atom stereocenters. The largest absolute Gasteiger partial charge is 0.338 e. The van der Waals surface area contributed by atoms with E-state index in [2.05, 4.69) is 19.9 Å². The molecule has 2 aromatic rings. The van der Waals surface area contributed by atoms with Crippen molar-refractivity contribution in [2.45, 2.75) is 69.5 Å². The lowest BCUT2D eigenvalue weighted by molar-refractivity contribution is 0.0654. The predicted octanol–water partition coefficient (Wildman–Crippen LogP) is 4.97. The molecule has 0 spiro atoms. The Labute approximate surface area is 186 Å². The van der Waals surface area contributed by atoms with E-state index in [-0.39, 0.29) is 17.9 Å². The molecule has 1 aliphatic carbocycles. The summed E-state index contributed by atoms with van der Waals surface area (Å²) in [5.74, 6) is 0.178. The van der Waals surface area contributed by atoms with Crippen molar-refractivity contribution >= 4 is 27.6 Å². The van der Waals surface area contributed by atoms with Crippen LogP contribution in [-0.2, 0) is 0 Å². The molecule has 8 heteroatoms. The van der Waals surface area contributed by atoms with Crippen molar-refractivity contribution in [3.05, 3.63) is 29.7 Å². The van der Waals surface area contributed by atoms with Gasteiger partial charge in [0.25, 0.3) is 0 Å². The van der Waals surface area contributed by atoms with Crippen molar-refractivity contribution in [2.75, 3.05) is 26.2 Å². The molecule has 2 fully saturated rings. The molecule has 31 heavy (non-hydrogen) atoms. The van der Waals surface area contributed by atoms with Crippen LogP contribution in [0.25, 0.3) is 10.1 Å². The second-order valence-corrected chi connectivity index (χ2v) is 9.81. The zero-order valence-corrected chi connectivity index (χ0v) is 18.9. The van der Waals surface area contributed by atoms with Crippen LogP contribution >= 0.6 is 11.5 Å². The van der Waals surface area contributed by atoms with E-state index < -0.39 is 5.67 Å². The third-order valence-corrected chi connectivity index (χ3v) is 7.69. The average Bonchev–Trinajstić information content (AvgIpc) is 3.18. The minimum atomic E-state index is -1.12. The van der Waals surface area contributed by atoms with Gasteiger partial charge in [0.1, 0.15) is 11.5 Å². The van der Waals surface area contributed by atoms with Crippen LogP contribution in [0, 0.1) is 5.82 Å². The maximum absolute atomic E-state index is 15.3. The van der Waals surface area contributed by atoms with Crippen LogP contribution in [0.3, 0.4) is 0 Å². The first-order chi connectivity index (χ1) is 15.0. The Balaban J connectivity index is 1.22. The standard InChI is InChI=1S/C23H32F2N4OS/c1-2-26-22(30)27-18-5-9-23(25,10-6-18)11-14-29-12-7-16(8-13-29)21-19-4-3-17(24)15-20(19)31-28-21/h3-4,15-16,18H,2,5-14H2,1H3,(H2,26,27,30). The number of piperidine rings is 1. The van der Waals surface area contributed by atoms with Crippen molar-refractivity contribution in [2.24, 2.45) is 0 Å². The van der Waals surface area contributed by atoms with Crippen LogP contribution in [0.5, 0.6) is 0 Å². The monoisotopic (exact) mass is 450 g/mol. The van der Waals surface area contributed by atoms with E-state index in [0.717, 1.165) is 48.3 Å². The minimum Gasteiger partial charge on any atom is -0.338 e. The van der Waals surface area contributed by atoms with Crippen molar-refractivity contribution in [3.63, 3.8) is 0 Å². The lowest BCUT2D eigenvalue weighted by Gasteiger charge is -2.37. The molecule has 0 atom stereocenters. The fourth-order valence-electron chi connectivity index (χ4n) is 4.94. The molecule has 1 aliphatic heterocycles. The van der Waals surface area contributed by atoms with E-state index in [1.54, 1.807) is 6.07 Å². The number of nitrogens with zero attached hydrogens (tertiary/aromatic N) is 2. The minimum absolute atomic E-state index is 0.0765. The highest BCUT2D eigenvalue weighted by atomic mass is 32.1. The lowest BCUT2D eigenvalue weighted by Crippen LogP contribution is -2.46. The van der Waals surface area contributed by atoms with E-state index in [1.165, 1.54) is 17.6 Å². The number of hydrogen-bond acceptors (Lipinski definition) is 4. The van der Waals surface area contributed by atoms with Gasteiger partial charge in [-0.3, -0.25) is 0 Å². The molecule has 2 amide bonds. The molecule has 1 saturated heterocycles. The van der Waals surface area contributed by atoms with Gasteiger partial charge in [-0.05, 0) is 94.7 Å². The molecule has 2 aliphatic rings. The van der Waals surface area contributed by atoms with Crippen LogP contribution in [0.1, 0.15) is 63.5 Å². The first-order valence-electron chi connectivity index (χ1n) is 11.5. The topological polar surface area (TPSA) is 57.3 Å². The van der Waals surface area contributed by atoms with Crippen LogP contribution in [0.15, 0.2) is 18.2 Å². The molecule has 1 saturated carbocycles. The molecule has 5 nitrogen and oxygen atoms in total. The molecule has 170 valence electrons. The van der Waals surface area contributed by atoms with Crippen molar-refractivity contribution < 1.29 is 13.6 Å². The number of carbonyl (C=O) groups excluding carboxylic acids is 1. The summed E-state index contributed by atoms with van der Waals surface area (Å²) in [5.41, 5.74) is -0.0228. The summed E-state index contributed by atoms with van der Waals surface area (Å²) in [6, 6.07) is 4.84. The summed E-state index contributed by atoms with van der Waals surface area (Å²) in [5, 5.41) is 6.76. The molecule has 1 aromatic carbocycles. The Morgan fingerprint density at radius 2 is 2.00 bits per heavy atom. The first kappa shape index (κ1) is 22.4. The van der Waals surface area contributed by atoms with Crippen molar-refractivity contribution in [3.8, 4) is 0 Å². The predicted molar refractivity (Wildman–Crippen MR) is 121 cm³/mol. The van der Waals surface area contributed by atoms with Gasteiger partial charge in [-0.15, -0.1) is 0 Å². The quantitative estimate of drug-likeness (QED) is 0.653. The highest BCUT2D eigenvalue weighted by Gasteiger charge is 2.36. The zero-order chi connectivity index (χ0) is 21.8. The molecule has 4 rings (SSSR count). The smallest absolute Gasteiger partial charge is 0.314 e. The summed E-state index contributed by atoms with van der Waals surface area (Å²) in [7, 11) is 0. The number of urea groups is 1. The van der Waals surface area contributed by atoms with Crippen LogP contribution in [0.2, 0.25) is 0 Å². The fraction of sp³-hybridized carbons (Fsp3) is 0.652. The summed E-state index contributed by atoms with van der Waals surface area (Å²) in [6.45, 7) is 5.15. The highest BCUT2D eigenvalue weighted by Crippen LogP contribution is 2.37. The number of fused-ring (bicyclic) bond motifs is 1. The molecule has 2 N–H and O–H groups in total. The SMILES string of the molecule is CCNC(=O)NC1CCC(F)(CCN2CCC(c3nsc4cc(F)ccc34)CC2)CC1. The van der Waals surface area contributed by atoms with Gasteiger partial charge in [0.15, 0.2) is 0 Å². The third-order valence-electron chi connectivity index (χ3n) is 6.87. The maximum atomic E-state index is 15.3. The number of halogens is 2. The molecular formula is C23H32F2N4OS. The first-order valence-corrected chi connectivity index (χ1v) is 12.2. The Kier molecular flexibility index (Phi) is 7.06. The van der Waals surface area contributed by atoms with Gasteiger partial charge in [-0.2, -0.15) is 4.37 Å². The number of amides is 2. The maximum Gasteiger partial charge on any atom is 0.314 e. The Morgan fingerprint density at radius 1 is 1.26 bits per heavy atom. The number of hydrogen-bond donors (Lipinski definition) is 2. The van der Waals surface area contributed by atoms with Crippen LogP contribution < -0.4 is 10.6 Å². The van der Waals surface area contributed by atoms with Gasteiger partial charge in [-0.1, -0.05) is 0 Å². The average molecular weight is 451 g/mol. The van der Waals surface area contributed by atoms with E-state index in [1.807, 2.05) is 13.0 Å². The van der Waals surface area contributed by atoms with Crippen LogP contribution in [0.4, 0.5) is 13.6 Å². The van der Waals surface area contributed by atoms with Gasteiger partial charge in [0.2, 0.25) is 0 Å². The van der Waals surface area contributed by atoms with E-state index in [9.17, 15) is 9.18 Å². The fourth-order valence-corrected chi connectivity index (χ4v) is 5.82. The number of aromatic nitrogens is 1. The van der Waals surface area contributed by atoms with E-state index in [0.29, 0.717) is 44.6 Å². The number of likely N-dealkylation sites (tertiary alicyclic amines) is 1. The van der Waals surface area contributed by atoms with E-state index >= 15 is 4.39 Å². The summed E-state index contributed by atoms with van der Waals surface area (Å²) >= 11 is 1.37. The molecule has 0 radical (unpaired) electrons. The number of carbonyl (C=O) groups is 1. The number of benzene rings is 1. The molecule has 1 aromatic heterocycles. The molecule has 2 heterocycles. The van der Waals surface area contributed by atoms with Gasteiger partial charge >= 0.3 is 6.03 Å². The lowest BCUT2D eigenvalue weighted by atomic mass is 9.81. The van der Waals surface area contributed by atoms with Crippen molar-refractivity contribution in [1.82, 2.24) is 19.9 Å². The van der Waals surface area contributed by atoms with Gasteiger partial charge in [0.05, 0.1) is 10.4 Å². The van der Waals surface area contributed by atoms with Crippen LogP contribution in [-0.4, -0.2) is 53.2 Å². The summed E-state index contributed by atoms with van der Waals surface area (Å²) in [6.07, 6.45) is 5.01. The van der Waals surface area contributed by atoms with Gasteiger partial charge < -0.3 is 15.5 Å². The number of rotatable bonds is 6. The normalized spacial score (nSPS) is 25.6. The summed E-state index contributed by atoms with van der Waals surface area (Å²) < 4.78 is 34.3. The highest BCUT2D eigenvalue weighted by molar-refractivity contribution is 7.13. The molecular weight excluding hydrogens is 418 g/mol. The molecule has 0 bridgehead atoms.